The minimum atomic E-state index is -2.47. The van der Waals surface area contributed by atoms with Gasteiger partial charge in [0.05, 0.1) is 0 Å². The second-order valence-electron chi connectivity index (χ2n) is 5.02. The van der Waals surface area contributed by atoms with E-state index in [1.165, 1.54) is 0 Å². The molecule has 0 aliphatic heterocycles. The van der Waals surface area contributed by atoms with Crippen LogP contribution in [0.2, 0.25) is 0 Å². The molecule has 0 aromatic rings. The van der Waals surface area contributed by atoms with Crippen LogP contribution in [0.4, 0.5) is 8.78 Å². The molecule has 0 spiro atoms. The van der Waals surface area contributed by atoms with Crippen LogP contribution in [0.3, 0.4) is 0 Å². The molecule has 1 N–H and O–H groups in total. The number of nitrogens with one attached hydrogen (secondary N) is 1. The lowest BCUT2D eigenvalue weighted by Gasteiger charge is -2.46. The summed E-state index contributed by atoms with van der Waals surface area (Å²) in [6, 6.07) is 0. The Morgan fingerprint density at radius 2 is 1.93 bits per heavy atom. The van der Waals surface area contributed by atoms with E-state index in [9.17, 15) is 8.78 Å². The summed E-state index contributed by atoms with van der Waals surface area (Å²) in [5.41, 5.74) is 0.357. The van der Waals surface area contributed by atoms with Crippen molar-refractivity contribution in [3.63, 3.8) is 0 Å². The predicted octanol–water partition coefficient (Wildman–Crippen LogP) is 3.18. The number of alkyl halides is 2. The molecule has 1 saturated carbocycles. The average molecular weight is 203 g/mol. The first kappa shape index (κ1) is 11.5. The maximum absolute atomic E-state index is 12.7. The van der Waals surface area contributed by atoms with Crippen molar-refractivity contribution in [3.05, 3.63) is 12.3 Å². The van der Waals surface area contributed by atoms with E-state index < -0.39 is 11.3 Å². The fourth-order valence-corrected chi connectivity index (χ4v) is 1.84. The van der Waals surface area contributed by atoms with Crippen molar-refractivity contribution >= 4 is 0 Å². The fourth-order valence-electron chi connectivity index (χ4n) is 1.84. The van der Waals surface area contributed by atoms with Gasteiger partial charge in [-0.05, 0) is 5.92 Å². The van der Waals surface area contributed by atoms with Gasteiger partial charge in [-0.1, -0.05) is 27.4 Å². The zero-order chi connectivity index (χ0) is 11.0. The molecule has 14 heavy (non-hydrogen) atoms. The summed E-state index contributed by atoms with van der Waals surface area (Å²) < 4.78 is 25.4. The van der Waals surface area contributed by atoms with Gasteiger partial charge in [-0.15, -0.1) is 0 Å². The molecule has 0 aromatic carbocycles. The summed E-state index contributed by atoms with van der Waals surface area (Å²) in [6.45, 7) is 10.7. The van der Waals surface area contributed by atoms with E-state index in [1.807, 2.05) is 6.92 Å². The Labute approximate surface area is 84.6 Å². The monoisotopic (exact) mass is 203 g/mol. The van der Waals surface area contributed by atoms with Gasteiger partial charge in [-0.2, -0.15) is 0 Å². The smallest absolute Gasteiger partial charge is 0.250 e. The van der Waals surface area contributed by atoms with Gasteiger partial charge in [-0.3, -0.25) is 0 Å². The van der Waals surface area contributed by atoms with Gasteiger partial charge in [0, 0.05) is 30.5 Å². The molecule has 0 radical (unpaired) electrons. The third-order valence-corrected chi connectivity index (χ3v) is 2.75. The molecule has 0 unspecified atom stereocenters. The number of rotatable bonds is 4. The standard InChI is InChI=1S/C11H19F2N/c1-8(2)5-14-9(3)10(4)6-11(12,13)7-10/h8,14H,3,5-7H2,1-2,4H3. The lowest BCUT2D eigenvalue weighted by molar-refractivity contribution is -0.140. The highest BCUT2D eigenvalue weighted by atomic mass is 19.3. The van der Waals surface area contributed by atoms with E-state index in [4.69, 9.17) is 0 Å². The van der Waals surface area contributed by atoms with Crippen LogP contribution in [-0.2, 0) is 0 Å². The molecular weight excluding hydrogens is 184 g/mol. The summed E-state index contributed by atoms with van der Waals surface area (Å²) >= 11 is 0. The van der Waals surface area contributed by atoms with Gasteiger partial charge in [0.15, 0.2) is 0 Å². The number of halogens is 2. The van der Waals surface area contributed by atoms with Gasteiger partial charge < -0.3 is 5.32 Å². The summed E-state index contributed by atoms with van der Waals surface area (Å²) in [5, 5.41) is 3.13. The lowest BCUT2D eigenvalue weighted by Crippen LogP contribution is -2.48. The van der Waals surface area contributed by atoms with E-state index in [0.717, 1.165) is 12.2 Å². The molecular formula is C11H19F2N. The fraction of sp³-hybridized carbons (Fsp3) is 0.818. The summed E-state index contributed by atoms with van der Waals surface area (Å²) in [4.78, 5) is 0. The first-order valence-corrected chi connectivity index (χ1v) is 5.06. The van der Waals surface area contributed by atoms with Crippen LogP contribution in [0.1, 0.15) is 33.6 Å². The molecule has 1 aliphatic carbocycles. The zero-order valence-electron chi connectivity index (χ0n) is 9.16. The van der Waals surface area contributed by atoms with Gasteiger partial charge in [-0.25, -0.2) is 8.78 Å². The van der Waals surface area contributed by atoms with Crippen molar-refractivity contribution in [1.82, 2.24) is 5.32 Å². The molecule has 0 heterocycles. The molecule has 0 amide bonds. The SMILES string of the molecule is C=C(NCC(C)C)C1(C)CC(F)(F)C1. The average Bonchev–Trinajstić information content (AvgIpc) is 1.95. The van der Waals surface area contributed by atoms with Crippen LogP contribution in [0, 0.1) is 11.3 Å². The van der Waals surface area contributed by atoms with Crippen LogP contribution in [0.5, 0.6) is 0 Å². The van der Waals surface area contributed by atoms with Crippen LogP contribution in [0.25, 0.3) is 0 Å². The molecule has 1 rings (SSSR count). The van der Waals surface area contributed by atoms with E-state index in [0.29, 0.717) is 5.92 Å². The van der Waals surface area contributed by atoms with Crippen molar-refractivity contribution in [2.24, 2.45) is 11.3 Å². The van der Waals surface area contributed by atoms with Gasteiger partial charge >= 0.3 is 0 Å². The Morgan fingerprint density at radius 3 is 2.29 bits per heavy atom. The minimum absolute atomic E-state index is 0.0655. The predicted molar refractivity (Wildman–Crippen MR) is 54.3 cm³/mol. The molecule has 0 bridgehead atoms. The Balaban J connectivity index is 2.39. The molecule has 1 fully saturated rings. The van der Waals surface area contributed by atoms with Gasteiger partial charge in [0.25, 0.3) is 0 Å². The second-order valence-corrected chi connectivity index (χ2v) is 5.02. The summed E-state index contributed by atoms with van der Waals surface area (Å²) in [6.07, 6.45) is -0.131. The van der Waals surface area contributed by atoms with E-state index >= 15 is 0 Å². The van der Waals surface area contributed by atoms with Crippen molar-refractivity contribution in [1.29, 1.82) is 0 Å². The molecule has 1 aliphatic rings. The molecule has 0 aromatic heterocycles. The van der Waals surface area contributed by atoms with Gasteiger partial charge in [0.1, 0.15) is 0 Å². The molecule has 3 heteroatoms. The normalized spacial score (nSPS) is 23.0. The number of hydrogen-bond acceptors (Lipinski definition) is 1. The van der Waals surface area contributed by atoms with Crippen molar-refractivity contribution in [3.8, 4) is 0 Å². The summed E-state index contributed by atoms with van der Waals surface area (Å²) in [5.74, 6) is -1.96. The zero-order valence-corrected chi connectivity index (χ0v) is 9.16. The first-order valence-electron chi connectivity index (χ1n) is 5.06. The summed E-state index contributed by atoms with van der Waals surface area (Å²) in [7, 11) is 0. The maximum atomic E-state index is 12.7. The molecule has 0 atom stereocenters. The second kappa shape index (κ2) is 3.52. The third-order valence-electron chi connectivity index (χ3n) is 2.75. The van der Waals surface area contributed by atoms with Crippen LogP contribution in [-0.4, -0.2) is 12.5 Å². The molecule has 1 nitrogen and oxygen atoms in total. The lowest BCUT2D eigenvalue weighted by atomic mass is 9.65. The highest BCUT2D eigenvalue weighted by Crippen LogP contribution is 2.54. The minimum Gasteiger partial charge on any atom is -0.388 e. The highest BCUT2D eigenvalue weighted by Gasteiger charge is 2.54. The maximum Gasteiger partial charge on any atom is 0.250 e. The largest absolute Gasteiger partial charge is 0.388 e. The van der Waals surface area contributed by atoms with Crippen LogP contribution < -0.4 is 5.32 Å². The molecule has 82 valence electrons. The van der Waals surface area contributed by atoms with Crippen molar-refractivity contribution in [2.75, 3.05) is 6.54 Å². The van der Waals surface area contributed by atoms with Crippen LogP contribution in [0.15, 0.2) is 12.3 Å². The number of allylic oxidation sites excluding steroid dienone is 1. The first-order chi connectivity index (χ1) is 6.25. The van der Waals surface area contributed by atoms with Crippen molar-refractivity contribution in [2.45, 2.75) is 39.5 Å². The van der Waals surface area contributed by atoms with E-state index in [1.54, 1.807) is 0 Å². The Kier molecular flexibility index (Phi) is 2.88. The van der Waals surface area contributed by atoms with E-state index in [-0.39, 0.29) is 12.8 Å². The number of hydrogen-bond donors (Lipinski definition) is 1. The van der Waals surface area contributed by atoms with Crippen LogP contribution >= 0.6 is 0 Å². The topological polar surface area (TPSA) is 12.0 Å². The van der Waals surface area contributed by atoms with E-state index in [2.05, 4.69) is 25.7 Å². The highest BCUT2D eigenvalue weighted by molar-refractivity contribution is 5.15. The Hall–Kier alpha value is -0.600. The molecule has 0 saturated heterocycles. The quantitative estimate of drug-likeness (QED) is 0.740. The Bertz CT molecular complexity index is 225. The Morgan fingerprint density at radius 1 is 1.43 bits per heavy atom. The van der Waals surface area contributed by atoms with Crippen molar-refractivity contribution < 1.29 is 8.78 Å². The third kappa shape index (κ3) is 2.46. The van der Waals surface area contributed by atoms with Gasteiger partial charge in [0.2, 0.25) is 5.92 Å².